The summed E-state index contributed by atoms with van der Waals surface area (Å²) in [4.78, 5) is 11.3. The molecule has 1 aromatic heterocycles. The summed E-state index contributed by atoms with van der Waals surface area (Å²) < 4.78 is 0. The first-order valence-electron chi connectivity index (χ1n) is 8.73. The van der Waals surface area contributed by atoms with Crippen LogP contribution in [0, 0.1) is 6.92 Å². The van der Waals surface area contributed by atoms with E-state index in [1.165, 1.54) is 11.1 Å². The van der Waals surface area contributed by atoms with Gasteiger partial charge in [0, 0.05) is 24.1 Å². The number of aromatic nitrogens is 2. The molecular formula is C21H24N4. The number of anilines is 4. The van der Waals surface area contributed by atoms with E-state index < -0.39 is 0 Å². The number of aryl methyl sites for hydroxylation is 2. The number of nitrogens with one attached hydrogen (secondary N) is 1. The molecule has 0 aliphatic heterocycles. The molecule has 0 saturated carbocycles. The minimum Gasteiger partial charge on any atom is -0.326 e. The number of hydrogen-bond donors (Lipinski definition) is 1. The van der Waals surface area contributed by atoms with Gasteiger partial charge in [-0.25, -0.2) is 4.98 Å². The van der Waals surface area contributed by atoms with Gasteiger partial charge in [0.15, 0.2) is 0 Å². The third-order valence-corrected chi connectivity index (χ3v) is 4.19. The number of hydrogen-bond acceptors (Lipinski definition) is 4. The zero-order valence-electron chi connectivity index (χ0n) is 15.0. The molecule has 0 unspecified atom stereocenters. The topological polar surface area (TPSA) is 41.1 Å². The van der Waals surface area contributed by atoms with Crippen molar-refractivity contribution >= 4 is 23.1 Å². The zero-order valence-corrected chi connectivity index (χ0v) is 15.0. The number of nitrogens with zero attached hydrogens (tertiary/aromatic N) is 3. The number of benzene rings is 2. The maximum absolute atomic E-state index is 4.72. The van der Waals surface area contributed by atoms with E-state index in [9.17, 15) is 0 Å². The van der Waals surface area contributed by atoms with Crippen molar-refractivity contribution in [1.82, 2.24) is 9.97 Å². The molecule has 4 nitrogen and oxygen atoms in total. The lowest BCUT2D eigenvalue weighted by Gasteiger charge is -2.23. The fraction of sp³-hybridized carbons (Fsp3) is 0.238. The molecule has 3 aromatic rings. The second-order valence-electron chi connectivity index (χ2n) is 5.96. The third-order valence-electron chi connectivity index (χ3n) is 4.19. The molecule has 0 bridgehead atoms. The Morgan fingerprint density at radius 2 is 1.84 bits per heavy atom. The second kappa shape index (κ2) is 7.79. The molecule has 128 valence electrons. The van der Waals surface area contributed by atoms with Gasteiger partial charge in [-0.1, -0.05) is 37.3 Å². The summed E-state index contributed by atoms with van der Waals surface area (Å²) in [6.07, 6.45) is 2.77. The summed E-state index contributed by atoms with van der Waals surface area (Å²) in [7, 11) is 0. The van der Waals surface area contributed by atoms with Gasteiger partial charge in [0.05, 0.1) is 0 Å². The second-order valence-corrected chi connectivity index (χ2v) is 5.96. The molecule has 0 fully saturated rings. The molecule has 1 heterocycles. The monoisotopic (exact) mass is 332 g/mol. The Labute approximate surface area is 149 Å². The van der Waals surface area contributed by atoms with E-state index in [1.54, 1.807) is 6.20 Å². The summed E-state index contributed by atoms with van der Waals surface area (Å²) in [5.74, 6) is 1.50. The average molecular weight is 332 g/mol. The molecule has 4 heteroatoms. The highest BCUT2D eigenvalue weighted by Gasteiger charge is 2.11. The van der Waals surface area contributed by atoms with Gasteiger partial charge in [0.2, 0.25) is 5.95 Å². The van der Waals surface area contributed by atoms with Crippen LogP contribution in [0.2, 0.25) is 0 Å². The molecule has 0 spiro atoms. The van der Waals surface area contributed by atoms with Gasteiger partial charge in [-0.3, -0.25) is 0 Å². The molecule has 2 aromatic carbocycles. The minimum absolute atomic E-state index is 0.615. The van der Waals surface area contributed by atoms with E-state index in [0.29, 0.717) is 5.95 Å². The quantitative estimate of drug-likeness (QED) is 0.669. The Morgan fingerprint density at radius 1 is 1.00 bits per heavy atom. The maximum Gasteiger partial charge on any atom is 0.229 e. The third kappa shape index (κ3) is 3.97. The highest BCUT2D eigenvalue weighted by Crippen LogP contribution is 2.26. The van der Waals surface area contributed by atoms with Gasteiger partial charge in [-0.15, -0.1) is 0 Å². The summed E-state index contributed by atoms with van der Waals surface area (Å²) in [6.45, 7) is 7.22. The van der Waals surface area contributed by atoms with Crippen LogP contribution in [0.25, 0.3) is 0 Å². The molecule has 1 N–H and O–H groups in total. The largest absolute Gasteiger partial charge is 0.326 e. The van der Waals surface area contributed by atoms with E-state index in [-0.39, 0.29) is 0 Å². The average Bonchev–Trinajstić information content (AvgIpc) is 2.63. The first-order valence-corrected chi connectivity index (χ1v) is 8.73. The lowest BCUT2D eigenvalue weighted by Crippen LogP contribution is -2.18. The van der Waals surface area contributed by atoms with Crippen molar-refractivity contribution in [3.8, 4) is 0 Å². The van der Waals surface area contributed by atoms with E-state index in [0.717, 1.165) is 30.2 Å². The van der Waals surface area contributed by atoms with Crippen LogP contribution >= 0.6 is 0 Å². The molecule has 25 heavy (non-hydrogen) atoms. The Hall–Kier alpha value is -2.88. The van der Waals surface area contributed by atoms with Crippen LogP contribution in [0.4, 0.5) is 23.1 Å². The fourth-order valence-corrected chi connectivity index (χ4v) is 2.90. The van der Waals surface area contributed by atoms with E-state index in [4.69, 9.17) is 4.98 Å². The van der Waals surface area contributed by atoms with Crippen LogP contribution in [0.1, 0.15) is 25.0 Å². The van der Waals surface area contributed by atoms with Crippen molar-refractivity contribution in [2.75, 3.05) is 16.8 Å². The molecule has 0 radical (unpaired) electrons. The van der Waals surface area contributed by atoms with Gasteiger partial charge in [-0.05, 0) is 55.7 Å². The van der Waals surface area contributed by atoms with Crippen LogP contribution < -0.4 is 10.2 Å². The van der Waals surface area contributed by atoms with Crippen LogP contribution in [-0.2, 0) is 6.42 Å². The lowest BCUT2D eigenvalue weighted by molar-refractivity contribution is 0.977. The number of rotatable bonds is 6. The predicted octanol–water partition coefficient (Wildman–Crippen LogP) is 5.25. The van der Waals surface area contributed by atoms with E-state index in [1.807, 2.05) is 12.1 Å². The van der Waals surface area contributed by atoms with Crippen molar-refractivity contribution in [3.05, 3.63) is 71.9 Å². The number of para-hydroxylation sites is 1. The van der Waals surface area contributed by atoms with Crippen molar-refractivity contribution < 1.29 is 0 Å². The first-order chi connectivity index (χ1) is 12.2. The maximum atomic E-state index is 4.72. The van der Waals surface area contributed by atoms with Gasteiger partial charge < -0.3 is 10.2 Å². The summed E-state index contributed by atoms with van der Waals surface area (Å²) in [5, 5.41) is 3.36. The molecule has 0 saturated heterocycles. The van der Waals surface area contributed by atoms with E-state index in [2.05, 4.69) is 78.4 Å². The SMILES string of the molecule is CCc1ccccc1Nc1nccc(N(CC)c2cccc(C)c2)n1. The molecule has 0 aliphatic carbocycles. The van der Waals surface area contributed by atoms with Gasteiger partial charge in [0.25, 0.3) is 0 Å². The summed E-state index contributed by atoms with van der Waals surface area (Å²) >= 11 is 0. The van der Waals surface area contributed by atoms with Crippen LogP contribution in [0.5, 0.6) is 0 Å². The van der Waals surface area contributed by atoms with Crippen LogP contribution in [0.15, 0.2) is 60.8 Å². The van der Waals surface area contributed by atoms with Crippen molar-refractivity contribution in [2.24, 2.45) is 0 Å². The normalized spacial score (nSPS) is 10.5. The van der Waals surface area contributed by atoms with Crippen LogP contribution in [-0.4, -0.2) is 16.5 Å². The van der Waals surface area contributed by atoms with Gasteiger partial charge in [-0.2, -0.15) is 4.98 Å². The Bertz CT molecular complexity index is 845. The molecule has 0 amide bonds. The Morgan fingerprint density at radius 3 is 2.60 bits per heavy atom. The van der Waals surface area contributed by atoms with Gasteiger partial charge in [0.1, 0.15) is 5.82 Å². The van der Waals surface area contributed by atoms with Gasteiger partial charge >= 0.3 is 0 Å². The van der Waals surface area contributed by atoms with Crippen LogP contribution in [0.3, 0.4) is 0 Å². The molecule has 0 atom stereocenters. The molecule has 3 rings (SSSR count). The predicted molar refractivity (Wildman–Crippen MR) is 105 cm³/mol. The summed E-state index contributed by atoms with van der Waals surface area (Å²) in [5.41, 5.74) is 4.68. The van der Waals surface area contributed by atoms with Crippen molar-refractivity contribution in [1.29, 1.82) is 0 Å². The van der Waals surface area contributed by atoms with Crippen molar-refractivity contribution in [2.45, 2.75) is 27.2 Å². The smallest absolute Gasteiger partial charge is 0.229 e. The molecular weight excluding hydrogens is 308 g/mol. The summed E-state index contributed by atoms with van der Waals surface area (Å²) in [6, 6.07) is 18.7. The van der Waals surface area contributed by atoms with Crippen molar-refractivity contribution in [3.63, 3.8) is 0 Å². The first kappa shape index (κ1) is 17.0. The fourth-order valence-electron chi connectivity index (χ4n) is 2.90. The lowest BCUT2D eigenvalue weighted by atomic mass is 10.1. The highest BCUT2D eigenvalue weighted by atomic mass is 15.2. The van der Waals surface area contributed by atoms with E-state index >= 15 is 0 Å². The highest BCUT2D eigenvalue weighted by molar-refractivity contribution is 5.63. The molecule has 0 aliphatic rings. The zero-order chi connectivity index (χ0) is 17.6. The Kier molecular flexibility index (Phi) is 5.29. The standard InChI is InChI=1S/C21H24N4/c1-4-17-10-6-7-12-19(17)23-21-22-14-13-20(24-21)25(5-2)18-11-8-9-16(3)15-18/h6-15H,4-5H2,1-3H3,(H,22,23,24). The Balaban J connectivity index is 1.90. The minimum atomic E-state index is 0.615.